The smallest absolute Gasteiger partial charge is 0.328 e. The van der Waals surface area contributed by atoms with E-state index in [1.165, 1.54) is 24.1 Å². The number of benzene rings is 4. The summed E-state index contributed by atoms with van der Waals surface area (Å²) in [7, 11) is 1.36. The molecule has 4 fully saturated rings. The number of hydrogen-bond donors (Lipinski definition) is 4. The van der Waals surface area contributed by atoms with Crippen molar-refractivity contribution in [1.29, 1.82) is 0 Å². The van der Waals surface area contributed by atoms with Crippen molar-refractivity contribution in [3.8, 4) is 22.6 Å². The highest BCUT2D eigenvalue weighted by Crippen LogP contribution is 2.39. The highest BCUT2D eigenvalue weighted by atomic mass is 35.5. The minimum Gasteiger partial charge on any atom is -0.494 e. The fourth-order valence-corrected chi connectivity index (χ4v) is 10.4. The summed E-state index contributed by atoms with van der Waals surface area (Å²) in [6, 6.07) is 24.1. The van der Waals surface area contributed by atoms with Gasteiger partial charge in [-0.2, -0.15) is 0 Å². The topological polar surface area (TPSA) is 179 Å². The predicted octanol–water partition coefficient (Wildman–Crippen LogP) is 5.84. The van der Waals surface area contributed by atoms with E-state index in [1.54, 1.807) is 18.2 Å². The maximum absolute atomic E-state index is 15.8. The van der Waals surface area contributed by atoms with Crippen molar-refractivity contribution in [2.75, 3.05) is 77.5 Å². The number of hydrogen-bond acceptors (Lipinski definition) is 10. The number of urea groups is 1. The summed E-state index contributed by atoms with van der Waals surface area (Å²) in [5, 5.41) is 9.72. The zero-order valence-electron chi connectivity index (χ0n) is 39.3. The fourth-order valence-electron chi connectivity index (χ4n) is 10.2. The molecule has 366 valence electrons. The van der Waals surface area contributed by atoms with Crippen LogP contribution in [0.25, 0.3) is 11.1 Å². The summed E-state index contributed by atoms with van der Waals surface area (Å²) in [5.41, 5.74) is 9.55. The summed E-state index contributed by atoms with van der Waals surface area (Å²) >= 11 is 6.69. The van der Waals surface area contributed by atoms with E-state index in [-0.39, 0.29) is 77.2 Å². The van der Waals surface area contributed by atoms with Gasteiger partial charge in [0.05, 0.1) is 24.9 Å². The third kappa shape index (κ3) is 12.0. The van der Waals surface area contributed by atoms with E-state index >= 15 is 4.39 Å². The molecule has 0 bridgehead atoms. The number of carbonyl (C=O) groups excluding carboxylic acids is 5. The standard InChI is InChI=1S/C52H62ClFN8O7/c1-33-8-14-39(29-44(33)62-23-20-46(63)58-52(62)67)69-32-48(65)61-21-18-38(19-22-61)60-26-24-59(25-27-60)31-47(64)57-37-12-10-36(11-13-37)56-30-42(34-6-4-3-5-7-34)35-9-16-43(53)41(28-35)49-40(51(55)66)15-17-45(68-2)50(49)54/h3-9,14-17,28-29,36-38,42,56H,10-13,18-27,30-32H2,1-2H3,(H2,55,66)(H,57,64)(H,58,63,67). The first kappa shape index (κ1) is 49.4. The number of anilines is 1. The van der Waals surface area contributed by atoms with Gasteiger partial charge in [-0.15, -0.1) is 0 Å². The zero-order chi connectivity index (χ0) is 48.6. The Bertz CT molecular complexity index is 2510. The van der Waals surface area contributed by atoms with Crippen LogP contribution < -0.4 is 36.1 Å². The number of nitrogens with zero attached hydrogens (tertiary/aromatic N) is 4. The van der Waals surface area contributed by atoms with E-state index in [4.69, 9.17) is 26.8 Å². The van der Waals surface area contributed by atoms with Crippen molar-refractivity contribution >= 4 is 46.9 Å². The monoisotopic (exact) mass is 964 g/mol. The van der Waals surface area contributed by atoms with Gasteiger partial charge in [0, 0.05) is 105 Å². The van der Waals surface area contributed by atoms with Gasteiger partial charge in [-0.05, 0) is 92.5 Å². The molecule has 1 aliphatic carbocycles. The normalized spacial score (nSPS) is 20.0. The van der Waals surface area contributed by atoms with E-state index in [0.717, 1.165) is 81.4 Å². The quantitative estimate of drug-likeness (QED) is 0.107. The van der Waals surface area contributed by atoms with Crippen molar-refractivity contribution in [3.05, 3.63) is 112 Å². The minimum atomic E-state index is -0.769. The first-order valence-electron chi connectivity index (χ1n) is 24.0. The Morgan fingerprint density at radius 1 is 0.855 bits per heavy atom. The van der Waals surface area contributed by atoms with Crippen LogP contribution in [0.2, 0.25) is 5.02 Å². The number of aryl methyl sites for hydroxylation is 1. The molecule has 69 heavy (non-hydrogen) atoms. The summed E-state index contributed by atoms with van der Waals surface area (Å²) in [4.78, 5) is 71.0. The summed E-state index contributed by atoms with van der Waals surface area (Å²) in [6.07, 6.45) is 5.52. The molecule has 1 atom stereocenters. The van der Waals surface area contributed by atoms with Crippen LogP contribution in [-0.4, -0.2) is 135 Å². The molecule has 0 spiro atoms. The number of methoxy groups -OCH3 is 1. The van der Waals surface area contributed by atoms with Crippen LogP contribution in [0.3, 0.4) is 0 Å². The molecule has 1 unspecified atom stereocenters. The first-order valence-corrected chi connectivity index (χ1v) is 24.4. The number of imide groups is 1. The van der Waals surface area contributed by atoms with Crippen molar-refractivity contribution in [1.82, 2.24) is 30.7 Å². The van der Waals surface area contributed by atoms with Crippen molar-refractivity contribution in [3.63, 3.8) is 0 Å². The minimum absolute atomic E-state index is 0.00691. The number of likely N-dealkylation sites (tertiary alicyclic amines) is 1. The Hall–Kier alpha value is -6.07. The van der Waals surface area contributed by atoms with Crippen LogP contribution >= 0.6 is 11.6 Å². The van der Waals surface area contributed by atoms with E-state index in [9.17, 15) is 24.0 Å². The van der Waals surface area contributed by atoms with E-state index < -0.39 is 17.8 Å². The van der Waals surface area contributed by atoms with Crippen LogP contribution in [-0.2, 0) is 14.4 Å². The number of amides is 6. The van der Waals surface area contributed by atoms with Gasteiger partial charge in [0.2, 0.25) is 17.7 Å². The Balaban J connectivity index is 0.757. The van der Waals surface area contributed by atoms with Gasteiger partial charge in [0.1, 0.15) is 5.75 Å². The largest absolute Gasteiger partial charge is 0.494 e. The number of nitrogens with one attached hydrogen (secondary N) is 3. The molecule has 17 heteroatoms. The van der Waals surface area contributed by atoms with Crippen LogP contribution in [0.1, 0.15) is 77.9 Å². The van der Waals surface area contributed by atoms with Crippen LogP contribution in [0, 0.1) is 12.7 Å². The molecule has 0 aromatic heterocycles. The highest BCUT2D eigenvalue weighted by molar-refractivity contribution is 6.33. The lowest BCUT2D eigenvalue weighted by Crippen LogP contribution is -2.55. The SMILES string of the molecule is COc1ccc(C(N)=O)c(-c2cc(C(CNC3CCC(NC(=O)CN4CCN(C5CCN(C(=O)COc6ccc(C)c(N7CCC(=O)NC7=O)c6)CC5)CC4)CC3)c3ccccc3)ccc2Cl)c1F. The number of nitrogens with two attached hydrogens (primary N) is 1. The Labute approximate surface area is 407 Å². The summed E-state index contributed by atoms with van der Waals surface area (Å²) in [5.74, 6) is -1.43. The lowest BCUT2D eigenvalue weighted by Gasteiger charge is -2.42. The van der Waals surface area contributed by atoms with Crippen LogP contribution in [0.15, 0.2) is 78.9 Å². The van der Waals surface area contributed by atoms with Crippen molar-refractivity contribution in [2.24, 2.45) is 5.73 Å². The first-order chi connectivity index (χ1) is 33.3. The molecule has 4 aromatic rings. The van der Waals surface area contributed by atoms with Gasteiger partial charge in [-0.1, -0.05) is 54.1 Å². The van der Waals surface area contributed by atoms with Gasteiger partial charge in [0.25, 0.3) is 5.91 Å². The Kier molecular flexibility index (Phi) is 16.1. The molecule has 0 radical (unpaired) electrons. The molecular formula is C52H62ClFN8O7. The number of ether oxygens (including phenoxy) is 2. The maximum atomic E-state index is 15.8. The molecule has 3 aliphatic heterocycles. The molecule has 3 heterocycles. The molecule has 3 saturated heterocycles. The van der Waals surface area contributed by atoms with Crippen LogP contribution in [0.5, 0.6) is 11.5 Å². The third-order valence-electron chi connectivity index (χ3n) is 14.2. The van der Waals surface area contributed by atoms with Gasteiger partial charge in [0.15, 0.2) is 18.2 Å². The molecule has 6 amide bonds. The molecule has 5 N–H and O–H groups in total. The summed E-state index contributed by atoms with van der Waals surface area (Å²) < 4.78 is 26.9. The lowest BCUT2D eigenvalue weighted by molar-refractivity contribution is -0.135. The third-order valence-corrected chi connectivity index (χ3v) is 14.5. The number of halogens is 2. The number of piperazine rings is 1. The highest BCUT2D eigenvalue weighted by Gasteiger charge is 2.32. The van der Waals surface area contributed by atoms with Crippen LogP contribution in [0.4, 0.5) is 14.9 Å². The maximum Gasteiger partial charge on any atom is 0.328 e. The second-order valence-corrected chi connectivity index (χ2v) is 18.9. The molecule has 8 rings (SSSR count). The molecule has 1 saturated carbocycles. The number of rotatable bonds is 16. The second kappa shape index (κ2) is 22.6. The van der Waals surface area contributed by atoms with Crippen molar-refractivity contribution < 1.29 is 37.8 Å². The van der Waals surface area contributed by atoms with Gasteiger partial charge in [-0.3, -0.25) is 39.2 Å². The average Bonchev–Trinajstić information content (AvgIpc) is 3.35. The number of primary amides is 1. The summed E-state index contributed by atoms with van der Waals surface area (Å²) in [6.45, 7) is 7.72. The zero-order valence-corrected chi connectivity index (χ0v) is 40.1. The fraction of sp³-hybridized carbons (Fsp3) is 0.442. The van der Waals surface area contributed by atoms with Gasteiger partial charge >= 0.3 is 6.03 Å². The predicted molar refractivity (Wildman–Crippen MR) is 262 cm³/mol. The molecular weight excluding hydrogens is 903 g/mol. The van der Waals surface area contributed by atoms with Crippen molar-refractivity contribution in [2.45, 2.75) is 75.9 Å². The second-order valence-electron chi connectivity index (χ2n) is 18.5. The van der Waals surface area contributed by atoms with Gasteiger partial charge < -0.3 is 30.7 Å². The van der Waals surface area contributed by atoms with Gasteiger partial charge in [-0.25, -0.2) is 9.18 Å². The van der Waals surface area contributed by atoms with E-state index in [2.05, 4.69) is 37.9 Å². The lowest BCUT2D eigenvalue weighted by atomic mass is 9.87. The average molecular weight is 966 g/mol. The number of carbonyl (C=O) groups is 5. The Morgan fingerprint density at radius 3 is 2.28 bits per heavy atom. The molecule has 15 nitrogen and oxygen atoms in total. The molecule has 4 aliphatic rings. The van der Waals surface area contributed by atoms with E-state index in [1.807, 2.05) is 48.2 Å². The molecule has 4 aromatic carbocycles. The number of piperidine rings is 1. The van der Waals surface area contributed by atoms with E-state index in [0.29, 0.717) is 49.2 Å². The Morgan fingerprint density at radius 2 is 1.58 bits per heavy atom.